The second kappa shape index (κ2) is 24.2. The van der Waals surface area contributed by atoms with Crippen molar-refractivity contribution in [3.63, 3.8) is 0 Å². The summed E-state index contributed by atoms with van der Waals surface area (Å²) in [7, 11) is 0. The number of nitrogens with zero attached hydrogens (tertiary/aromatic N) is 2. The van der Waals surface area contributed by atoms with E-state index in [4.69, 9.17) is 32.5 Å². The summed E-state index contributed by atoms with van der Waals surface area (Å²) >= 11 is 6.71. The molecule has 2 fully saturated rings. The van der Waals surface area contributed by atoms with Crippen LogP contribution in [0.3, 0.4) is 0 Å². The first-order valence-corrected chi connectivity index (χ1v) is 24.2. The highest BCUT2D eigenvalue weighted by atomic mass is 35.5. The van der Waals surface area contributed by atoms with Crippen molar-refractivity contribution in [1.29, 1.82) is 0 Å². The van der Waals surface area contributed by atoms with E-state index in [1.165, 1.54) is 17.7 Å². The molecule has 13 nitrogen and oxygen atoms in total. The smallest absolute Gasteiger partial charge is 0.260 e. The third-order valence-electron chi connectivity index (χ3n) is 13.1. The average Bonchev–Trinajstić information content (AvgIpc) is 3.35. The average molecular weight is 961 g/mol. The summed E-state index contributed by atoms with van der Waals surface area (Å²) in [6.07, 6.45) is 3.47. The Kier molecular flexibility index (Phi) is 17.7. The van der Waals surface area contributed by atoms with Gasteiger partial charge in [0, 0.05) is 105 Å². The summed E-state index contributed by atoms with van der Waals surface area (Å²) in [5.41, 5.74) is 17.4. The molecule has 7 rings (SSSR count). The number of rotatable bonds is 21. The summed E-state index contributed by atoms with van der Waals surface area (Å²) in [6, 6.07) is 32.6. The minimum Gasteiger partial charge on any atom is -0.491 e. The largest absolute Gasteiger partial charge is 0.491 e. The van der Waals surface area contributed by atoms with Crippen LogP contribution in [0.25, 0.3) is 11.1 Å². The molecule has 0 aromatic heterocycles. The van der Waals surface area contributed by atoms with Crippen LogP contribution in [0.4, 0.5) is 10.1 Å². The summed E-state index contributed by atoms with van der Waals surface area (Å²) < 4.78 is 27.3. The van der Waals surface area contributed by atoms with Gasteiger partial charge in [0.25, 0.3) is 5.91 Å². The monoisotopic (exact) mass is 959 g/mol. The van der Waals surface area contributed by atoms with Gasteiger partial charge >= 0.3 is 0 Å². The van der Waals surface area contributed by atoms with E-state index in [1.54, 1.807) is 13.0 Å². The molecule has 5 aromatic rings. The summed E-state index contributed by atoms with van der Waals surface area (Å²) in [5, 5.41) is 10.4. The van der Waals surface area contributed by atoms with Gasteiger partial charge in [-0.1, -0.05) is 78.3 Å². The Morgan fingerprint density at radius 2 is 1.55 bits per heavy atom. The number of halogens is 2. The van der Waals surface area contributed by atoms with Crippen LogP contribution in [0.15, 0.2) is 103 Å². The van der Waals surface area contributed by atoms with E-state index < -0.39 is 11.7 Å². The lowest BCUT2D eigenvalue weighted by molar-refractivity contribution is -0.135. The zero-order valence-electron chi connectivity index (χ0n) is 39.4. The normalized spacial score (nSPS) is 16.6. The SMILES string of the molecule is CCOc1ccc(C(N)=O)c(-c2cc(C(CNC3CCC(C(=O)NCc4ccc(CN5CCN(C(=O)COc6ccc(C)c(NCCC(N)=O)c6)CC5)cc4)CC3)c3ccccc3)ccc2Cl)c1F. The van der Waals surface area contributed by atoms with Crippen molar-refractivity contribution in [2.45, 2.75) is 71.0 Å². The lowest BCUT2D eigenvalue weighted by atomic mass is 9.84. The summed E-state index contributed by atoms with van der Waals surface area (Å²) in [4.78, 5) is 54.1. The number of hydrogen-bond acceptors (Lipinski definition) is 9. The fraction of sp³-hybridized carbons (Fsp3) is 0.370. The fourth-order valence-electron chi connectivity index (χ4n) is 9.15. The number of primary amides is 2. The molecule has 69 heavy (non-hydrogen) atoms. The number of piperazine rings is 1. The third kappa shape index (κ3) is 13.6. The van der Waals surface area contributed by atoms with Crippen molar-refractivity contribution in [3.05, 3.63) is 147 Å². The molecular formula is C54H63ClFN7O6. The molecule has 15 heteroatoms. The molecule has 1 saturated carbocycles. The molecule has 5 aromatic carbocycles. The summed E-state index contributed by atoms with van der Waals surface area (Å²) in [6.45, 7) is 8.90. The molecule has 364 valence electrons. The molecule has 1 atom stereocenters. The standard InChI is InChI=1S/C54H63ClFN7O6/c1-3-68-48-22-20-43(53(58)66)51(52(48)56)44-29-40(16-21-46(44)55)45(38-7-5-4-6-8-38)32-60-41-17-14-39(15-18-41)54(67)61-31-36-10-12-37(13-11-36)33-62-25-27-63(28-26-62)50(65)34-69-42-19-9-35(2)47(30-42)59-24-23-49(57)64/h4-13,16,19-22,29-30,39,41,45,59-60H,3,14-15,17-18,23-28,31-34H2,1-2H3,(H2,57,64)(H2,58,66)(H,61,67). The lowest BCUT2D eigenvalue weighted by Gasteiger charge is -2.34. The molecule has 1 aliphatic heterocycles. The molecule has 2 aliphatic rings. The predicted molar refractivity (Wildman–Crippen MR) is 268 cm³/mol. The van der Waals surface area contributed by atoms with E-state index in [9.17, 15) is 19.2 Å². The highest BCUT2D eigenvalue weighted by Gasteiger charge is 2.28. The highest BCUT2D eigenvalue weighted by molar-refractivity contribution is 6.33. The van der Waals surface area contributed by atoms with Crippen LogP contribution in [0, 0.1) is 18.7 Å². The van der Waals surface area contributed by atoms with Crippen molar-refractivity contribution in [2.24, 2.45) is 17.4 Å². The molecule has 0 radical (unpaired) electrons. The quantitative estimate of drug-likeness (QED) is 0.0496. The Balaban J connectivity index is 0.849. The van der Waals surface area contributed by atoms with Crippen LogP contribution >= 0.6 is 11.6 Å². The van der Waals surface area contributed by atoms with Gasteiger partial charge in [-0.25, -0.2) is 4.39 Å². The van der Waals surface area contributed by atoms with Gasteiger partial charge in [0.05, 0.1) is 12.2 Å². The van der Waals surface area contributed by atoms with Crippen LogP contribution in [-0.2, 0) is 27.5 Å². The van der Waals surface area contributed by atoms with Gasteiger partial charge < -0.3 is 41.8 Å². The van der Waals surface area contributed by atoms with Gasteiger partial charge in [0.2, 0.25) is 17.7 Å². The Bertz CT molecular complexity index is 2570. The Labute approximate surface area is 409 Å². The number of anilines is 1. The Morgan fingerprint density at radius 1 is 0.826 bits per heavy atom. The van der Waals surface area contributed by atoms with Crippen LogP contribution in [0.2, 0.25) is 5.02 Å². The number of hydrogen-bond donors (Lipinski definition) is 5. The Morgan fingerprint density at radius 3 is 2.25 bits per heavy atom. The number of amides is 4. The molecule has 1 aliphatic carbocycles. The minimum absolute atomic E-state index is 0.0131. The van der Waals surface area contributed by atoms with Gasteiger partial charge in [-0.15, -0.1) is 0 Å². The van der Waals surface area contributed by atoms with E-state index in [-0.39, 0.29) is 77.1 Å². The summed E-state index contributed by atoms with van der Waals surface area (Å²) in [5.74, 6) is -1.41. The van der Waals surface area contributed by atoms with Gasteiger partial charge in [0.1, 0.15) is 5.75 Å². The molecule has 4 amide bonds. The van der Waals surface area contributed by atoms with Crippen molar-refractivity contribution in [3.8, 4) is 22.6 Å². The van der Waals surface area contributed by atoms with Crippen molar-refractivity contribution < 1.29 is 33.0 Å². The molecular weight excluding hydrogens is 897 g/mol. The predicted octanol–water partition coefficient (Wildman–Crippen LogP) is 7.56. The fourth-order valence-corrected chi connectivity index (χ4v) is 9.36. The molecule has 1 unspecified atom stereocenters. The van der Waals surface area contributed by atoms with E-state index in [0.29, 0.717) is 44.0 Å². The minimum atomic E-state index is -0.767. The number of ether oxygens (including phenoxy) is 2. The van der Waals surface area contributed by atoms with Crippen LogP contribution in [-0.4, -0.2) is 92.0 Å². The van der Waals surface area contributed by atoms with Gasteiger partial charge in [-0.3, -0.25) is 24.1 Å². The topological polar surface area (TPSA) is 181 Å². The molecule has 1 heterocycles. The number of carbonyl (C=O) groups excluding carboxylic acids is 4. The maximum atomic E-state index is 16.0. The number of aryl methyl sites for hydroxylation is 1. The first-order valence-electron chi connectivity index (χ1n) is 23.8. The molecule has 1 saturated heterocycles. The van der Waals surface area contributed by atoms with Crippen molar-refractivity contribution >= 4 is 40.9 Å². The maximum Gasteiger partial charge on any atom is 0.260 e. The molecule has 7 N–H and O–H groups in total. The van der Waals surface area contributed by atoms with E-state index in [0.717, 1.165) is 73.3 Å². The van der Waals surface area contributed by atoms with Gasteiger partial charge in [0.15, 0.2) is 18.2 Å². The second-order valence-electron chi connectivity index (χ2n) is 17.9. The zero-order valence-corrected chi connectivity index (χ0v) is 40.2. The first-order chi connectivity index (χ1) is 33.4. The number of nitrogens with two attached hydrogens (primary N) is 2. The molecule has 0 spiro atoms. The first kappa shape index (κ1) is 50.4. The second-order valence-corrected chi connectivity index (χ2v) is 18.3. The van der Waals surface area contributed by atoms with E-state index in [2.05, 4.69) is 57.2 Å². The van der Waals surface area contributed by atoms with Crippen molar-refractivity contribution in [2.75, 3.05) is 57.8 Å². The van der Waals surface area contributed by atoms with Gasteiger partial charge in [-0.05, 0) is 97.7 Å². The van der Waals surface area contributed by atoms with Crippen molar-refractivity contribution in [1.82, 2.24) is 20.4 Å². The van der Waals surface area contributed by atoms with E-state index >= 15 is 4.39 Å². The van der Waals surface area contributed by atoms with E-state index in [1.807, 2.05) is 60.4 Å². The van der Waals surface area contributed by atoms with Crippen LogP contribution < -0.4 is 36.9 Å². The lowest BCUT2D eigenvalue weighted by Crippen LogP contribution is -2.49. The number of nitrogens with one attached hydrogen (secondary N) is 3. The number of carbonyl (C=O) groups is 4. The zero-order chi connectivity index (χ0) is 48.9. The van der Waals surface area contributed by atoms with Crippen LogP contribution in [0.1, 0.15) is 83.1 Å². The van der Waals surface area contributed by atoms with Crippen LogP contribution in [0.5, 0.6) is 11.5 Å². The highest BCUT2D eigenvalue weighted by Crippen LogP contribution is 2.39. The molecule has 0 bridgehead atoms. The number of benzene rings is 5. The van der Waals surface area contributed by atoms with Gasteiger partial charge in [-0.2, -0.15) is 0 Å². The maximum absolute atomic E-state index is 16.0. The Hall–Kier alpha value is -6.48. The third-order valence-corrected chi connectivity index (χ3v) is 13.5.